The number of anilines is 1. The number of amides is 2. The van der Waals surface area contributed by atoms with Gasteiger partial charge in [0.25, 0.3) is 11.8 Å². The van der Waals surface area contributed by atoms with Crippen LogP contribution in [-0.4, -0.2) is 51.5 Å². The lowest BCUT2D eigenvalue weighted by atomic mass is 10.1. The van der Waals surface area contributed by atoms with Crippen LogP contribution in [0.1, 0.15) is 49.1 Å². The van der Waals surface area contributed by atoms with Gasteiger partial charge in [-0.05, 0) is 86.0 Å². The fourth-order valence-corrected chi connectivity index (χ4v) is 5.89. The van der Waals surface area contributed by atoms with Crippen LogP contribution in [0.3, 0.4) is 0 Å². The Bertz CT molecular complexity index is 1780. The van der Waals surface area contributed by atoms with Gasteiger partial charge in [0.2, 0.25) is 0 Å². The van der Waals surface area contributed by atoms with Gasteiger partial charge < -0.3 is 23.7 Å². The highest BCUT2D eigenvalue weighted by Gasteiger charge is 2.29. The maximum Gasteiger partial charge on any atom is 0.270 e. The number of carbonyl (C=O) groups is 2. The van der Waals surface area contributed by atoms with Crippen LogP contribution in [-0.2, 0) is 19.5 Å². The number of hydrogen-bond acceptors (Lipinski definition) is 4. The third-order valence-corrected chi connectivity index (χ3v) is 8.24. The Hall–Kier alpha value is -5.11. The predicted molar refractivity (Wildman–Crippen MR) is 167 cm³/mol. The average molecular weight is 574 g/mol. The highest BCUT2D eigenvalue weighted by atomic mass is 16.5. The second-order valence-corrected chi connectivity index (χ2v) is 11.0. The largest absolute Gasteiger partial charge is 0.496 e. The molecule has 2 aromatic carbocycles. The van der Waals surface area contributed by atoms with Crippen molar-refractivity contribution in [2.45, 2.75) is 33.4 Å². The van der Waals surface area contributed by atoms with Gasteiger partial charge in [0.05, 0.1) is 25.8 Å². The van der Waals surface area contributed by atoms with Gasteiger partial charge in [-0.25, -0.2) is 0 Å². The first kappa shape index (κ1) is 28.0. The van der Waals surface area contributed by atoms with E-state index in [1.165, 1.54) is 0 Å². The minimum absolute atomic E-state index is 0.0505. The molecule has 8 heteroatoms. The highest BCUT2D eigenvalue weighted by molar-refractivity contribution is 6.08. The Kier molecular flexibility index (Phi) is 7.59. The number of rotatable bonds is 7. The first-order valence-electron chi connectivity index (χ1n) is 14.4. The quantitative estimate of drug-likeness (QED) is 0.246. The van der Waals surface area contributed by atoms with Gasteiger partial charge >= 0.3 is 0 Å². The summed E-state index contributed by atoms with van der Waals surface area (Å²) in [5.74, 6) is 0.304. The molecule has 1 aliphatic rings. The molecule has 4 heterocycles. The molecule has 0 radical (unpaired) electrons. The maximum atomic E-state index is 14.3. The van der Waals surface area contributed by atoms with Crippen LogP contribution in [0.2, 0.25) is 0 Å². The molecule has 6 rings (SSSR count). The summed E-state index contributed by atoms with van der Waals surface area (Å²) in [4.78, 5) is 35.5. The summed E-state index contributed by atoms with van der Waals surface area (Å²) in [6.07, 6.45) is 4.28. The maximum absolute atomic E-state index is 14.3. The third kappa shape index (κ3) is 5.32. The number of para-hydroxylation sites is 1. The van der Waals surface area contributed by atoms with Crippen molar-refractivity contribution in [2.24, 2.45) is 0 Å². The highest BCUT2D eigenvalue weighted by Crippen LogP contribution is 2.33. The summed E-state index contributed by atoms with van der Waals surface area (Å²) in [5.41, 5.74) is 8.06. The molecule has 0 spiro atoms. The molecular formula is C35H35N5O3. The number of fused-ring (bicyclic) bond motifs is 2. The number of nitrogens with zero attached hydrogens (tertiary/aromatic N) is 5. The lowest BCUT2D eigenvalue weighted by Crippen LogP contribution is -2.32. The van der Waals surface area contributed by atoms with Crippen LogP contribution in [0.5, 0.6) is 5.75 Å². The molecule has 0 saturated carbocycles. The van der Waals surface area contributed by atoms with E-state index in [0.717, 1.165) is 46.0 Å². The molecule has 43 heavy (non-hydrogen) atoms. The van der Waals surface area contributed by atoms with Crippen LogP contribution >= 0.6 is 0 Å². The number of likely N-dealkylation sites (N-methyl/N-ethyl adjacent to an activating group) is 1. The summed E-state index contributed by atoms with van der Waals surface area (Å²) < 4.78 is 9.94. The molecule has 5 aromatic rings. The zero-order chi connectivity index (χ0) is 30.1. The van der Waals surface area contributed by atoms with Gasteiger partial charge in [-0.2, -0.15) is 0 Å². The number of benzene rings is 2. The van der Waals surface area contributed by atoms with Gasteiger partial charge in [-0.15, -0.1) is 0 Å². The molecule has 1 aliphatic heterocycles. The smallest absolute Gasteiger partial charge is 0.270 e. The van der Waals surface area contributed by atoms with Crippen LogP contribution in [0.15, 0.2) is 91.3 Å². The van der Waals surface area contributed by atoms with Crippen molar-refractivity contribution in [2.75, 3.05) is 25.6 Å². The third-order valence-electron chi connectivity index (χ3n) is 8.24. The van der Waals surface area contributed by atoms with E-state index < -0.39 is 0 Å². The van der Waals surface area contributed by atoms with E-state index in [0.29, 0.717) is 36.6 Å². The van der Waals surface area contributed by atoms with Gasteiger partial charge in [-0.3, -0.25) is 14.6 Å². The fourth-order valence-electron chi connectivity index (χ4n) is 5.89. The molecule has 2 amide bonds. The molecule has 0 saturated heterocycles. The molecule has 0 N–H and O–H groups in total. The van der Waals surface area contributed by atoms with Crippen molar-refractivity contribution in [3.8, 4) is 11.4 Å². The van der Waals surface area contributed by atoms with E-state index in [1.807, 2.05) is 78.3 Å². The second-order valence-electron chi connectivity index (χ2n) is 11.0. The first-order valence-corrected chi connectivity index (χ1v) is 14.4. The zero-order valence-electron chi connectivity index (χ0n) is 24.9. The number of methoxy groups -OCH3 is 1. The van der Waals surface area contributed by atoms with E-state index >= 15 is 0 Å². The molecule has 218 valence electrons. The number of pyridine rings is 1. The number of aromatic nitrogens is 3. The Morgan fingerprint density at radius 2 is 1.65 bits per heavy atom. The number of ether oxygens (including phenoxy) is 1. The average Bonchev–Trinajstić information content (AvgIpc) is 3.54. The van der Waals surface area contributed by atoms with Crippen LogP contribution in [0, 0.1) is 13.8 Å². The molecule has 0 unspecified atom stereocenters. The van der Waals surface area contributed by atoms with Crippen molar-refractivity contribution in [1.29, 1.82) is 0 Å². The zero-order valence-corrected chi connectivity index (χ0v) is 24.9. The SMILES string of the molecule is COc1cc(-n2c(C)ccc2C)ccc1C(=O)N1Cc2ccc(C(=O)N(C)CCc3ccncc3)n2Cc2ccccc21. The van der Waals surface area contributed by atoms with E-state index in [9.17, 15) is 9.59 Å². The van der Waals surface area contributed by atoms with Crippen molar-refractivity contribution in [3.05, 3.63) is 131 Å². The first-order chi connectivity index (χ1) is 20.9. The van der Waals surface area contributed by atoms with Crippen molar-refractivity contribution >= 4 is 17.5 Å². The summed E-state index contributed by atoms with van der Waals surface area (Å²) in [6, 6.07) is 25.5. The van der Waals surface area contributed by atoms with Crippen molar-refractivity contribution in [1.82, 2.24) is 19.0 Å². The lowest BCUT2D eigenvalue weighted by Gasteiger charge is -2.24. The molecule has 8 nitrogen and oxygen atoms in total. The topological polar surface area (TPSA) is 72.6 Å². The predicted octanol–water partition coefficient (Wildman–Crippen LogP) is 5.82. The van der Waals surface area contributed by atoms with E-state index in [1.54, 1.807) is 29.3 Å². The Labute approximate surface area is 251 Å². The molecule has 0 bridgehead atoms. The Morgan fingerprint density at radius 1 is 0.907 bits per heavy atom. The molecule has 0 aliphatic carbocycles. The molecule has 3 aromatic heterocycles. The van der Waals surface area contributed by atoms with Crippen molar-refractivity contribution in [3.63, 3.8) is 0 Å². The molecular weight excluding hydrogens is 538 g/mol. The van der Waals surface area contributed by atoms with Gasteiger partial charge in [0.15, 0.2) is 0 Å². The van der Waals surface area contributed by atoms with E-state index in [4.69, 9.17) is 4.74 Å². The van der Waals surface area contributed by atoms with E-state index in [2.05, 4.69) is 35.5 Å². The van der Waals surface area contributed by atoms with Crippen LogP contribution in [0.25, 0.3) is 5.69 Å². The summed E-state index contributed by atoms with van der Waals surface area (Å²) in [7, 11) is 3.42. The Balaban J connectivity index is 1.31. The van der Waals surface area contributed by atoms with E-state index in [-0.39, 0.29) is 11.8 Å². The lowest BCUT2D eigenvalue weighted by molar-refractivity contribution is 0.0786. The normalized spacial score (nSPS) is 12.3. The second kappa shape index (κ2) is 11.6. The molecule has 0 atom stereocenters. The van der Waals surface area contributed by atoms with Crippen molar-refractivity contribution < 1.29 is 14.3 Å². The van der Waals surface area contributed by atoms with Gasteiger partial charge in [0, 0.05) is 60.5 Å². The molecule has 0 fully saturated rings. The fraction of sp³-hybridized carbons (Fsp3) is 0.229. The summed E-state index contributed by atoms with van der Waals surface area (Å²) in [5, 5.41) is 0. The number of hydrogen-bond donors (Lipinski definition) is 0. The number of carbonyl (C=O) groups excluding carboxylic acids is 2. The van der Waals surface area contributed by atoms with Gasteiger partial charge in [0.1, 0.15) is 11.4 Å². The minimum Gasteiger partial charge on any atom is -0.496 e. The van der Waals surface area contributed by atoms with Gasteiger partial charge in [-0.1, -0.05) is 18.2 Å². The Morgan fingerprint density at radius 3 is 2.40 bits per heavy atom. The summed E-state index contributed by atoms with van der Waals surface area (Å²) in [6.45, 7) is 5.51. The van der Waals surface area contributed by atoms with Crippen LogP contribution in [0.4, 0.5) is 5.69 Å². The summed E-state index contributed by atoms with van der Waals surface area (Å²) >= 11 is 0. The minimum atomic E-state index is -0.159. The van der Waals surface area contributed by atoms with Crippen LogP contribution < -0.4 is 9.64 Å². The monoisotopic (exact) mass is 573 g/mol. The standard InChI is InChI=1S/C35H35N5O3/c1-24-9-10-25(2)40(24)28-11-13-30(33(21-28)43-4)34(41)39-23-29-12-14-32(38(29)22-27-7-5-6-8-31(27)39)35(42)37(3)20-17-26-15-18-36-19-16-26/h5-16,18-19,21H,17,20,22-23H2,1-4H3. The number of aryl methyl sites for hydroxylation is 2.